The Labute approximate surface area is 198 Å². The van der Waals surface area contributed by atoms with Gasteiger partial charge in [-0.15, -0.1) is 0 Å². The third-order valence-corrected chi connectivity index (χ3v) is 5.07. The van der Waals surface area contributed by atoms with Crippen LogP contribution in [0.2, 0.25) is 0 Å². The molecule has 10 nitrogen and oxygen atoms in total. The summed E-state index contributed by atoms with van der Waals surface area (Å²) >= 11 is 0. The first kappa shape index (κ1) is 27.1. The van der Waals surface area contributed by atoms with Gasteiger partial charge in [0.2, 0.25) is 12.4 Å². The standard InChI is InChI=1S/C24H32O10/c1-12(2)18-9-8-13(3)19(10-18)33-24-23(32-17(7)28)22(31-16(6)27)21(30-15(5)26)20(34-24)11-29-14(4)25/h8-10,12,20-24H,11H2,1-7H3. The molecule has 34 heavy (non-hydrogen) atoms. The van der Waals surface area contributed by atoms with Gasteiger partial charge in [-0.05, 0) is 30.0 Å². The molecule has 1 fully saturated rings. The SMILES string of the molecule is CC(=O)OCC1OC(Oc2cc(C(C)C)ccc2C)C(OC(C)=O)C(OC(C)=O)C1OC(C)=O. The Hall–Kier alpha value is -3.14. The third kappa shape index (κ3) is 7.44. The predicted molar refractivity (Wildman–Crippen MR) is 118 cm³/mol. The summed E-state index contributed by atoms with van der Waals surface area (Å²) in [6, 6.07) is 5.70. The van der Waals surface area contributed by atoms with Crippen LogP contribution in [0.3, 0.4) is 0 Å². The lowest BCUT2D eigenvalue weighted by atomic mass is 9.97. The summed E-state index contributed by atoms with van der Waals surface area (Å²) in [5, 5.41) is 0. The molecule has 0 aliphatic carbocycles. The number of carbonyl (C=O) groups excluding carboxylic acids is 4. The maximum Gasteiger partial charge on any atom is 0.303 e. The van der Waals surface area contributed by atoms with Gasteiger partial charge in [-0.2, -0.15) is 0 Å². The fraction of sp³-hybridized carbons (Fsp3) is 0.583. The fourth-order valence-corrected chi connectivity index (χ4v) is 3.51. The van der Waals surface area contributed by atoms with Crippen molar-refractivity contribution in [1.29, 1.82) is 0 Å². The van der Waals surface area contributed by atoms with Gasteiger partial charge in [0.15, 0.2) is 12.2 Å². The van der Waals surface area contributed by atoms with Crippen molar-refractivity contribution in [3.05, 3.63) is 29.3 Å². The minimum absolute atomic E-state index is 0.221. The molecule has 1 saturated heterocycles. The Morgan fingerprint density at radius 3 is 1.94 bits per heavy atom. The number of rotatable bonds is 8. The largest absolute Gasteiger partial charge is 0.463 e. The Morgan fingerprint density at radius 1 is 0.853 bits per heavy atom. The molecule has 0 saturated carbocycles. The van der Waals surface area contributed by atoms with E-state index in [1.807, 2.05) is 39.0 Å². The first-order valence-corrected chi connectivity index (χ1v) is 11.0. The van der Waals surface area contributed by atoms with Crippen LogP contribution < -0.4 is 4.74 Å². The van der Waals surface area contributed by atoms with Crippen LogP contribution in [0.25, 0.3) is 0 Å². The van der Waals surface area contributed by atoms with Gasteiger partial charge in [0.25, 0.3) is 0 Å². The van der Waals surface area contributed by atoms with Crippen molar-refractivity contribution < 1.29 is 47.6 Å². The Morgan fingerprint density at radius 2 is 1.41 bits per heavy atom. The summed E-state index contributed by atoms with van der Waals surface area (Å²) in [5.41, 5.74) is 1.79. The van der Waals surface area contributed by atoms with Crippen molar-refractivity contribution in [1.82, 2.24) is 0 Å². The molecule has 0 spiro atoms. The van der Waals surface area contributed by atoms with Crippen LogP contribution in [0.5, 0.6) is 5.75 Å². The van der Waals surface area contributed by atoms with Crippen molar-refractivity contribution in [3.8, 4) is 5.75 Å². The van der Waals surface area contributed by atoms with Gasteiger partial charge in [0.1, 0.15) is 18.5 Å². The fourth-order valence-electron chi connectivity index (χ4n) is 3.51. The number of benzene rings is 1. The van der Waals surface area contributed by atoms with E-state index in [-0.39, 0.29) is 12.5 Å². The molecule has 1 heterocycles. The van der Waals surface area contributed by atoms with Crippen molar-refractivity contribution in [2.45, 2.75) is 85.1 Å². The van der Waals surface area contributed by atoms with Gasteiger partial charge in [-0.1, -0.05) is 26.0 Å². The van der Waals surface area contributed by atoms with E-state index in [0.29, 0.717) is 5.75 Å². The molecule has 5 unspecified atom stereocenters. The van der Waals surface area contributed by atoms with Gasteiger partial charge < -0.3 is 28.4 Å². The summed E-state index contributed by atoms with van der Waals surface area (Å²) < 4.78 is 33.4. The van der Waals surface area contributed by atoms with Crippen LogP contribution in [0.1, 0.15) is 58.6 Å². The Kier molecular flexibility index (Phi) is 9.43. The van der Waals surface area contributed by atoms with E-state index in [1.165, 1.54) is 13.8 Å². The molecule has 2 rings (SSSR count). The second-order valence-electron chi connectivity index (χ2n) is 8.37. The zero-order valence-electron chi connectivity index (χ0n) is 20.5. The lowest BCUT2D eigenvalue weighted by molar-refractivity contribution is -0.288. The highest BCUT2D eigenvalue weighted by Gasteiger charge is 2.53. The van der Waals surface area contributed by atoms with Crippen molar-refractivity contribution in [3.63, 3.8) is 0 Å². The highest BCUT2D eigenvalue weighted by atomic mass is 16.7. The van der Waals surface area contributed by atoms with E-state index in [2.05, 4.69) is 0 Å². The Bertz CT molecular complexity index is 909. The summed E-state index contributed by atoms with van der Waals surface area (Å²) in [7, 11) is 0. The molecular weight excluding hydrogens is 448 g/mol. The van der Waals surface area contributed by atoms with E-state index in [9.17, 15) is 19.2 Å². The van der Waals surface area contributed by atoms with E-state index >= 15 is 0 Å². The highest BCUT2D eigenvalue weighted by molar-refractivity contribution is 5.68. The van der Waals surface area contributed by atoms with Crippen LogP contribution in [0.15, 0.2) is 18.2 Å². The van der Waals surface area contributed by atoms with E-state index in [4.69, 9.17) is 28.4 Å². The van der Waals surface area contributed by atoms with Crippen LogP contribution in [0.4, 0.5) is 0 Å². The molecule has 0 aromatic heterocycles. The maximum absolute atomic E-state index is 11.9. The quantitative estimate of drug-likeness (QED) is 0.405. The van der Waals surface area contributed by atoms with E-state index in [1.54, 1.807) is 0 Å². The zero-order chi connectivity index (χ0) is 25.6. The predicted octanol–water partition coefficient (Wildman–Crippen LogP) is 2.58. The number of carbonyl (C=O) groups is 4. The molecule has 10 heteroatoms. The normalized spacial score (nSPS) is 24.2. The molecule has 1 aliphatic heterocycles. The average molecular weight is 481 g/mol. The van der Waals surface area contributed by atoms with Crippen LogP contribution in [0, 0.1) is 6.92 Å². The van der Waals surface area contributed by atoms with Crippen molar-refractivity contribution in [2.75, 3.05) is 6.61 Å². The summed E-state index contributed by atoms with van der Waals surface area (Å²) in [5.74, 6) is -1.99. The first-order valence-electron chi connectivity index (χ1n) is 11.0. The van der Waals surface area contributed by atoms with Crippen LogP contribution in [-0.4, -0.2) is 61.2 Å². The second kappa shape index (κ2) is 11.8. The molecule has 5 atom stereocenters. The monoisotopic (exact) mass is 480 g/mol. The minimum atomic E-state index is -1.28. The van der Waals surface area contributed by atoms with Gasteiger partial charge in [0.05, 0.1) is 0 Å². The van der Waals surface area contributed by atoms with Gasteiger partial charge >= 0.3 is 23.9 Å². The molecule has 0 N–H and O–H groups in total. The number of hydrogen-bond acceptors (Lipinski definition) is 10. The number of aryl methyl sites for hydroxylation is 1. The molecule has 1 aromatic rings. The third-order valence-electron chi connectivity index (χ3n) is 5.07. The van der Waals surface area contributed by atoms with Crippen LogP contribution in [-0.2, 0) is 42.9 Å². The van der Waals surface area contributed by atoms with E-state index in [0.717, 1.165) is 25.0 Å². The second-order valence-corrected chi connectivity index (χ2v) is 8.37. The lowest BCUT2D eigenvalue weighted by Crippen LogP contribution is -2.63. The zero-order valence-corrected chi connectivity index (χ0v) is 20.5. The first-order chi connectivity index (χ1) is 15.9. The topological polar surface area (TPSA) is 124 Å². The molecule has 0 amide bonds. The van der Waals surface area contributed by atoms with Gasteiger partial charge in [0, 0.05) is 27.7 Å². The van der Waals surface area contributed by atoms with Crippen molar-refractivity contribution >= 4 is 23.9 Å². The highest BCUT2D eigenvalue weighted by Crippen LogP contribution is 2.33. The number of hydrogen-bond donors (Lipinski definition) is 0. The molecule has 1 aromatic carbocycles. The van der Waals surface area contributed by atoms with E-state index < -0.39 is 54.6 Å². The molecule has 188 valence electrons. The molecule has 1 aliphatic rings. The summed E-state index contributed by atoms with van der Waals surface area (Å²) in [4.78, 5) is 47.1. The molecule has 0 radical (unpaired) electrons. The van der Waals surface area contributed by atoms with Crippen molar-refractivity contribution in [2.24, 2.45) is 0 Å². The number of ether oxygens (including phenoxy) is 6. The van der Waals surface area contributed by atoms with Gasteiger partial charge in [-0.25, -0.2) is 0 Å². The number of esters is 4. The summed E-state index contributed by atoms with van der Waals surface area (Å²) in [6.45, 7) is 10.3. The molecule has 0 bridgehead atoms. The Balaban J connectivity index is 2.51. The average Bonchev–Trinajstić information content (AvgIpc) is 2.71. The smallest absolute Gasteiger partial charge is 0.303 e. The maximum atomic E-state index is 11.9. The molecular formula is C24H32O10. The van der Waals surface area contributed by atoms with Gasteiger partial charge in [-0.3, -0.25) is 19.2 Å². The lowest BCUT2D eigenvalue weighted by Gasteiger charge is -2.44. The van der Waals surface area contributed by atoms with Crippen LogP contribution >= 0.6 is 0 Å². The minimum Gasteiger partial charge on any atom is -0.463 e. The summed E-state index contributed by atoms with van der Waals surface area (Å²) in [6.07, 6.45) is -6.11.